The molecule has 0 amide bonds. The molecular weight excluding hydrogens is 518 g/mol. The highest BCUT2D eigenvalue weighted by Gasteiger charge is 2.14. The Hall–Kier alpha value is -5.19. The molecular formula is C37H23N3S. The minimum atomic E-state index is 0.700. The predicted molar refractivity (Wildman–Crippen MR) is 172 cm³/mol. The molecule has 0 aliphatic heterocycles. The van der Waals surface area contributed by atoms with Crippen LogP contribution in [-0.4, -0.2) is 15.0 Å². The zero-order chi connectivity index (χ0) is 27.2. The maximum atomic E-state index is 5.16. The highest BCUT2D eigenvalue weighted by Crippen LogP contribution is 2.38. The summed E-state index contributed by atoms with van der Waals surface area (Å²) in [5.74, 6) is 0.700. The third-order valence-electron chi connectivity index (χ3n) is 7.58. The number of hydrogen-bond donors (Lipinski definition) is 0. The van der Waals surface area contributed by atoms with E-state index in [0.29, 0.717) is 5.82 Å². The van der Waals surface area contributed by atoms with Gasteiger partial charge in [-0.1, -0.05) is 91.0 Å². The number of nitrogens with zero attached hydrogens (tertiary/aromatic N) is 3. The summed E-state index contributed by atoms with van der Waals surface area (Å²) in [4.78, 5) is 14.6. The third kappa shape index (κ3) is 4.26. The van der Waals surface area contributed by atoms with Gasteiger partial charge in [0.1, 0.15) is 0 Å². The summed E-state index contributed by atoms with van der Waals surface area (Å²) in [7, 11) is 0. The van der Waals surface area contributed by atoms with Gasteiger partial charge in [0.15, 0.2) is 5.82 Å². The van der Waals surface area contributed by atoms with E-state index in [1.807, 2.05) is 23.6 Å². The van der Waals surface area contributed by atoms with Crippen molar-refractivity contribution in [1.29, 1.82) is 0 Å². The second kappa shape index (κ2) is 9.77. The van der Waals surface area contributed by atoms with E-state index in [2.05, 4.69) is 126 Å². The summed E-state index contributed by atoms with van der Waals surface area (Å²) in [5.41, 5.74) is 7.10. The zero-order valence-electron chi connectivity index (χ0n) is 22.0. The van der Waals surface area contributed by atoms with Gasteiger partial charge in [0.25, 0.3) is 0 Å². The monoisotopic (exact) mass is 541 g/mol. The molecule has 8 rings (SSSR count). The summed E-state index contributed by atoms with van der Waals surface area (Å²) in [6, 6.07) is 44.7. The van der Waals surface area contributed by atoms with Gasteiger partial charge in [-0.15, -0.1) is 11.3 Å². The van der Waals surface area contributed by atoms with Crippen LogP contribution < -0.4 is 0 Å². The molecule has 0 radical (unpaired) electrons. The summed E-state index contributed by atoms with van der Waals surface area (Å²) in [6.45, 7) is 0. The van der Waals surface area contributed by atoms with Crippen LogP contribution in [0.5, 0.6) is 0 Å². The van der Waals surface area contributed by atoms with Crippen LogP contribution in [0.2, 0.25) is 0 Å². The molecule has 0 saturated heterocycles. The van der Waals surface area contributed by atoms with Gasteiger partial charge in [-0.3, -0.25) is 4.98 Å². The number of thiophene rings is 1. The van der Waals surface area contributed by atoms with Gasteiger partial charge in [-0.25, -0.2) is 9.97 Å². The lowest BCUT2D eigenvalue weighted by atomic mass is 9.99. The van der Waals surface area contributed by atoms with Gasteiger partial charge >= 0.3 is 0 Å². The number of hydrogen-bond acceptors (Lipinski definition) is 4. The average molecular weight is 542 g/mol. The van der Waals surface area contributed by atoms with Crippen molar-refractivity contribution in [3.63, 3.8) is 0 Å². The second-order valence-corrected chi connectivity index (χ2v) is 11.2. The van der Waals surface area contributed by atoms with Crippen molar-refractivity contribution in [2.24, 2.45) is 0 Å². The first-order chi connectivity index (χ1) is 20.3. The van der Waals surface area contributed by atoms with Crippen molar-refractivity contribution >= 4 is 42.3 Å². The highest BCUT2D eigenvalue weighted by atomic mass is 32.1. The van der Waals surface area contributed by atoms with E-state index < -0.39 is 0 Å². The fraction of sp³-hybridized carbons (Fsp3) is 0. The smallest absolute Gasteiger partial charge is 0.160 e. The topological polar surface area (TPSA) is 38.7 Å². The Morgan fingerprint density at radius 1 is 0.463 bits per heavy atom. The maximum Gasteiger partial charge on any atom is 0.160 e. The van der Waals surface area contributed by atoms with Crippen molar-refractivity contribution in [3.8, 4) is 45.0 Å². The number of aromatic nitrogens is 3. The fourth-order valence-corrected chi connectivity index (χ4v) is 6.65. The fourth-order valence-electron chi connectivity index (χ4n) is 5.57. The average Bonchev–Trinajstić information content (AvgIpc) is 3.43. The lowest BCUT2D eigenvalue weighted by Crippen LogP contribution is -1.96. The van der Waals surface area contributed by atoms with Crippen LogP contribution in [0.3, 0.4) is 0 Å². The zero-order valence-corrected chi connectivity index (χ0v) is 22.8. The standard InChI is InChI=1S/C37H23N3S/c1-2-13-29-24(8-1)9-6-15-30(29)34-22-33(26-17-18-36-32(21-26)31-14-3-4-16-35(31)41-36)39-37(40-34)27-11-5-10-25(20-27)28-12-7-19-38-23-28/h1-23H. The first kappa shape index (κ1) is 23.7. The van der Waals surface area contributed by atoms with Crippen LogP contribution in [0.4, 0.5) is 0 Å². The quantitative estimate of drug-likeness (QED) is 0.222. The van der Waals surface area contributed by atoms with E-state index in [0.717, 1.165) is 39.2 Å². The number of pyridine rings is 1. The summed E-state index contributed by atoms with van der Waals surface area (Å²) in [6.07, 6.45) is 3.68. The molecule has 0 aliphatic carbocycles. The van der Waals surface area contributed by atoms with Crippen molar-refractivity contribution in [2.45, 2.75) is 0 Å². The number of fused-ring (bicyclic) bond motifs is 4. The molecule has 0 fully saturated rings. The Morgan fingerprint density at radius 2 is 1.22 bits per heavy atom. The number of rotatable bonds is 4. The van der Waals surface area contributed by atoms with Crippen LogP contribution in [0.15, 0.2) is 140 Å². The van der Waals surface area contributed by atoms with Gasteiger partial charge in [0.05, 0.1) is 11.4 Å². The Kier molecular flexibility index (Phi) is 5.64. The van der Waals surface area contributed by atoms with Gasteiger partial charge < -0.3 is 0 Å². The molecule has 0 atom stereocenters. The first-order valence-corrected chi connectivity index (χ1v) is 14.4. The Labute approximate surface area is 241 Å². The van der Waals surface area contributed by atoms with Crippen LogP contribution in [0.1, 0.15) is 0 Å². The van der Waals surface area contributed by atoms with Gasteiger partial charge in [0, 0.05) is 54.8 Å². The van der Waals surface area contributed by atoms with E-state index in [4.69, 9.17) is 9.97 Å². The molecule has 41 heavy (non-hydrogen) atoms. The van der Waals surface area contributed by atoms with E-state index in [9.17, 15) is 0 Å². The van der Waals surface area contributed by atoms with Gasteiger partial charge in [0.2, 0.25) is 0 Å². The molecule has 0 unspecified atom stereocenters. The lowest BCUT2D eigenvalue weighted by molar-refractivity contribution is 1.19. The molecule has 5 aromatic carbocycles. The van der Waals surface area contributed by atoms with Gasteiger partial charge in [-0.05, 0) is 52.7 Å². The molecule has 0 N–H and O–H groups in total. The first-order valence-electron chi connectivity index (χ1n) is 13.6. The Morgan fingerprint density at radius 3 is 2.15 bits per heavy atom. The minimum absolute atomic E-state index is 0.700. The largest absolute Gasteiger partial charge is 0.264 e. The number of benzene rings is 5. The molecule has 0 saturated carbocycles. The summed E-state index contributed by atoms with van der Waals surface area (Å²) in [5, 5.41) is 4.90. The highest BCUT2D eigenvalue weighted by molar-refractivity contribution is 7.25. The molecule has 192 valence electrons. The Bertz CT molecular complexity index is 2210. The van der Waals surface area contributed by atoms with E-state index >= 15 is 0 Å². The van der Waals surface area contributed by atoms with E-state index in [1.165, 1.54) is 30.9 Å². The van der Waals surface area contributed by atoms with Crippen molar-refractivity contribution in [1.82, 2.24) is 15.0 Å². The lowest BCUT2D eigenvalue weighted by Gasteiger charge is -2.12. The molecule has 0 spiro atoms. The van der Waals surface area contributed by atoms with E-state index in [-0.39, 0.29) is 0 Å². The Balaban J connectivity index is 1.36. The van der Waals surface area contributed by atoms with Crippen LogP contribution in [-0.2, 0) is 0 Å². The van der Waals surface area contributed by atoms with Crippen molar-refractivity contribution in [3.05, 3.63) is 140 Å². The molecule has 8 aromatic rings. The van der Waals surface area contributed by atoms with Crippen molar-refractivity contribution < 1.29 is 0 Å². The summed E-state index contributed by atoms with van der Waals surface area (Å²) >= 11 is 1.83. The maximum absolute atomic E-state index is 5.16. The third-order valence-corrected chi connectivity index (χ3v) is 8.73. The summed E-state index contributed by atoms with van der Waals surface area (Å²) < 4.78 is 2.58. The molecule has 3 aromatic heterocycles. The SMILES string of the molecule is c1cncc(-c2cccc(-c3nc(-c4ccc5sc6ccccc6c5c4)cc(-c4cccc5ccccc45)n3)c2)c1. The molecule has 3 heterocycles. The van der Waals surface area contributed by atoms with Crippen LogP contribution in [0, 0.1) is 0 Å². The molecule has 0 aliphatic rings. The minimum Gasteiger partial charge on any atom is -0.264 e. The normalized spacial score (nSPS) is 11.4. The van der Waals surface area contributed by atoms with Crippen molar-refractivity contribution in [2.75, 3.05) is 0 Å². The van der Waals surface area contributed by atoms with E-state index in [1.54, 1.807) is 6.20 Å². The second-order valence-electron chi connectivity index (χ2n) is 10.1. The molecule has 0 bridgehead atoms. The molecule has 3 nitrogen and oxygen atoms in total. The van der Waals surface area contributed by atoms with Crippen LogP contribution in [0.25, 0.3) is 76.0 Å². The van der Waals surface area contributed by atoms with Crippen LogP contribution >= 0.6 is 11.3 Å². The molecule has 4 heteroatoms. The van der Waals surface area contributed by atoms with Gasteiger partial charge in [-0.2, -0.15) is 0 Å². The predicted octanol–water partition coefficient (Wildman–Crippen LogP) is 10.1.